The van der Waals surface area contributed by atoms with E-state index in [-0.39, 0.29) is 17.0 Å². The Morgan fingerprint density at radius 2 is 1.86 bits per heavy atom. The van der Waals surface area contributed by atoms with Gasteiger partial charge in [-0.05, 0) is 35.9 Å². The summed E-state index contributed by atoms with van der Waals surface area (Å²) in [5.74, 6) is -0.964. The highest BCUT2D eigenvalue weighted by atomic mass is 19.1. The molecule has 8 heteroatoms. The molecule has 0 bridgehead atoms. The molecule has 0 atom stereocenters. The second-order valence-corrected chi connectivity index (χ2v) is 6.35. The maximum atomic E-state index is 14.6. The molecule has 1 aliphatic heterocycles. The van der Waals surface area contributed by atoms with Gasteiger partial charge in [-0.25, -0.2) is 18.7 Å². The fourth-order valence-corrected chi connectivity index (χ4v) is 3.36. The number of aliphatic hydroxyl groups is 1. The number of hydrogen-bond donors (Lipinski definition) is 3. The van der Waals surface area contributed by atoms with Crippen molar-refractivity contribution in [1.82, 2.24) is 19.9 Å². The van der Waals surface area contributed by atoms with Crippen molar-refractivity contribution in [3.05, 3.63) is 66.1 Å². The van der Waals surface area contributed by atoms with Crippen molar-refractivity contribution in [2.75, 3.05) is 5.32 Å². The normalized spacial score (nSPS) is 11.8. The van der Waals surface area contributed by atoms with Gasteiger partial charge < -0.3 is 15.4 Å². The van der Waals surface area contributed by atoms with E-state index in [2.05, 4.69) is 25.3 Å². The number of aliphatic hydroxyl groups excluding tert-OH is 1. The minimum Gasteiger partial charge on any atom is -0.392 e. The van der Waals surface area contributed by atoms with Crippen LogP contribution in [-0.4, -0.2) is 25.0 Å². The number of H-pyrrole nitrogens is 1. The van der Waals surface area contributed by atoms with Crippen LogP contribution in [0.25, 0.3) is 33.9 Å². The standard InChI is InChI=1S/C20H13F2N5O/c21-13-6-10(9-28)7-14(22)16(13)20-26-17-11-3-5-23-8-15(11)25-19-12(18(17)27-20)2-1-4-24-19/h1-8,28H,9H2,(H,24,25)(H,26,27). The second kappa shape index (κ2) is 6.21. The lowest BCUT2D eigenvalue weighted by Gasteiger charge is -2.08. The molecule has 1 aliphatic rings. The monoisotopic (exact) mass is 377 g/mol. The number of nitrogens with one attached hydrogen (secondary N) is 2. The molecule has 0 amide bonds. The van der Waals surface area contributed by atoms with Crippen LogP contribution >= 0.6 is 0 Å². The maximum absolute atomic E-state index is 14.6. The third-order valence-electron chi connectivity index (χ3n) is 4.63. The molecule has 3 aromatic heterocycles. The summed E-state index contributed by atoms with van der Waals surface area (Å²) in [7, 11) is 0. The van der Waals surface area contributed by atoms with Gasteiger partial charge in [-0.1, -0.05) is 0 Å². The number of hydrogen-bond acceptors (Lipinski definition) is 5. The van der Waals surface area contributed by atoms with Gasteiger partial charge in [0.15, 0.2) is 0 Å². The molecule has 4 aromatic rings. The van der Waals surface area contributed by atoms with Crippen molar-refractivity contribution in [2.45, 2.75) is 6.61 Å². The summed E-state index contributed by atoms with van der Waals surface area (Å²) in [6, 6.07) is 7.59. The molecule has 0 saturated heterocycles. The van der Waals surface area contributed by atoms with Crippen LogP contribution in [0.1, 0.15) is 5.56 Å². The molecule has 0 saturated carbocycles. The first-order valence-corrected chi connectivity index (χ1v) is 8.51. The average molecular weight is 377 g/mol. The Bertz CT molecular complexity index is 1130. The SMILES string of the molecule is OCc1cc(F)c(-c2nc3c([nH]2)-c2ccncc2Nc2ncccc2-3)c(F)c1. The van der Waals surface area contributed by atoms with Crippen molar-refractivity contribution in [2.24, 2.45) is 0 Å². The van der Waals surface area contributed by atoms with Crippen molar-refractivity contribution < 1.29 is 13.9 Å². The van der Waals surface area contributed by atoms with Gasteiger partial charge in [0.05, 0.1) is 29.7 Å². The van der Waals surface area contributed by atoms with Crippen LogP contribution in [0.15, 0.2) is 48.9 Å². The fourth-order valence-electron chi connectivity index (χ4n) is 3.36. The molecule has 3 N–H and O–H groups in total. The minimum atomic E-state index is -0.799. The van der Waals surface area contributed by atoms with Gasteiger partial charge in [0.1, 0.15) is 29.0 Å². The largest absolute Gasteiger partial charge is 0.392 e. The van der Waals surface area contributed by atoms with E-state index in [0.29, 0.717) is 28.5 Å². The van der Waals surface area contributed by atoms with E-state index < -0.39 is 18.2 Å². The number of fused-ring (bicyclic) bond motifs is 5. The Balaban J connectivity index is 1.79. The number of halogens is 2. The number of imidazole rings is 1. The predicted molar refractivity (Wildman–Crippen MR) is 99.6 cm³/mol. The van der Waals surface area contributed by atoms with Gasteiger partial charge in [0, 0.05) is 23.5 Å². The van der Waals surface area contributed by atoms with Crippen LogP contribution in [0.3, 0.4) is 0 Å². The molecule has 6 nitrogen and oxygen atoms in total. The van der Waals surface area contributed by atoms with Crippen molar-refractivity contribution in [3.63, 3.8) is 0 Å². The van der Waals surface area contributed by atoms with Crippen LogP contribution in [-0.2, 0) is 6.61 Å². The lowest BCUT2D eigenvalue weighted by atomic mass is 10.1. The minimum absolute atomic E-state index is 0.0592. The molecular formula is C20H13F2N5O. The smallest absolute Gasteiger partial charge is 0.144 e. The van der Waals surface area contributed by atoms with Gasteiger partial charge >= 0.3 is 0 Å². The highest BCUT2D eigenvalue weighted by Crippen LogP contribution is 2.43. The van der Waals surface area contributed by atoms with E-state index in [1.54, 1.807) is 30.7 Å². The Kier molecular flexibility index (Phi) is 3.66. The number of pyridine rings is 2. The average Bonchev–Trinajstić information content (AvgIpc) is 3.07. The number of aromatic nitrogens is 4. The van der Waals surface area contributed by atoms with E-state index in [1.807, 2.05) is 6.07 Å². The van der Waals surface area contributed by atoms with Crippen molar-refractivity contribution in [3.8, 4) is 33.9 Å². The second-order valence-electron chi connectivity index (χ2n) is 6.35. The Labute approximate surface area is 158 Å². The molecule has 1 aromatic carbocycles. The molecule has 0 spiro atoms. The van der Waals surface area contributed by atoms with E-state index in [0.717, 1.165) is 17.7 Å². The summed E-state index contributed by atoms with van der Waals surface area (Å²) in [6.45, 7) is -0.451. The van der Waals surface area contributed by atoms with Crippen molar-refractivity contribution in [1.29, 1.82) is 0 Å². The highest BCUT2D eigenvalue weighted by molar-refractivity contribution is 5.95. The quantitative estimate of drug-likeness (QED) is 0.432. The molecule has 0 radical (unpaired) electrons. The summed E-state index contributed by atoms with van der Waals surface area (Å²) in [4.78, 5) is 16.0. The summed E-state index contributed by atoms with van der Waals surface area (Å²) < 4.78 is 29.1. The van der Waals surface area contributed by atoms with Crippen LogP contribution < -0.4 is 5.32 Å². The van der Waals surface area contributed by atoms with Gasteiger partial charge in [-0.2, -0.15) is 0 Å². The summed E-state index contributed by atoms with van der Waals surface area (Å²) in [6.07, 6.45) is 4.93. The van der Waals surface area contributed by atoms with E-state index in [1.165, 1.54) is 0 Å². The van der Waals surface area contributed by atoms with E-state index in [9.17, 15) is 8.78 Å². The van der Waals surface area contributed by atoms with Crippen LogP contribution in [0.4, 0.5) is 20.3 Å². The molecule has 0 aliphatic carbocycles. The molecular weight excluding hydrogens is 364 g/mol. The van der Waals surface area contributed by atoms with Crippen LogP contribution in [0, 0.1) is 11.6 Å². The lowest BCUT2D eigenvalue weighted by Crippen LogP contribution is -1.97. The summed E-state index contributed by atoms with van der Waals surface area (Å²) in [5.41, 5.74) is 3.17. The molecule has 0 unspecified atom stereocenters. The van der Waals surface area contributed by atoms with Gasteiger partial charge in [-0.15, -0.1) is 0 Å². The summed E-state index contributed by atoms with van der Waals surface area (Å²) >= 11 is 0. The van der Waals surface area contributed by atoms with Gasteiger partial charge in [0.2, 0.25) is 0 Å². The topological polar surface area (TPSA) is 86.7 Å². The summed E-state index contributed by atoms with van der Waals surface area (Å²) in [5, 5.41) is 12.4. The number of aromatic amines is 1. The third kappa shape index (κ3) is 2.46. The zero-order valence-corrected chi connectivity index (χ0v) is 14.4. The van der Waals surface area contributed by atoms with E-state index in [4.69, 9.17) is 5.11 Å². The Morgan fingerprint density at radius 1 is 1.04 bits per heavy atom. The van der Waals surface area contributed by atoms with Crippen LogP contribution in [0.2, 0.25) is 0 Å². The van der Waals surface area contributed by atoms with Crippen LogP contribution in [0.5, 0.6) is 0 Å². The number of anilines is 2. The van der Waals surface area contributed by atoms with Crippen molar-refractivity contribution >= 4 is 11.5 Å². The number of nitrogens with zero attached hydrogens (tertiary/aromatic N) is 3. The molecule has 138 valence electrons. The third-order valence-corrected chi connectivity index (χ3v) is 4.63. The lowest BCUT2D eigenvalue weighted by molar-refractivity contribution is 0.280. The zero-order chi connectivity index (χ0) is 19.3. The fraction of sp³-hybridized carbons (Fsp3) is 0.0500. The predicted octanol–water partition coefficient (Wildman–Crippen LogP) is 4.03. The molecule has 4 heterocycles. The van der Waals surface area contributed by atoms with E-state index >= 15 is 0 Å². The van der Waals surface area contributed by atoms with Gasteiger partial charge in [0.25, 0.3) is 0 Å². The maximum Gasteiger partial charge on any atom is 0.144 e. The first-order chi connectivity index (χ1) is 13.7. The van der Waals surface area contributed by atoms with Gasteiger partial charge in [-0.3, -0.25) is 4.98 Å². The Hall–Kier alpha value is -3.65. The Morgan fingerprint density at radius 3 is 2.64 bits per heavy atom. The molecule has 28 heavy (non-hydrogen) atoms. The number of rotatable bonds is 2. The molecule has 0 fully saturated rings. The highest BCUT2D eigenvalue weighted by Gasteiger charge is 2.26. The first-order valence-electron chi connectivity index (χ1n) is 8.51. The molecule has 5 rings (SSSR count). The zero-order valence-electron chi connectivity index (χ0n) is 14.4. The number of benzene rings is 1. The first kappa shape index (κ1) is 16.5.